The number of hydrogen-bond acceptors (Lipinski definition) is 2. The highest BCUT2D eigenvalue weighted by molar-refractivity contribution is 5.73. The van der Waals surface area contributed by atoms with E-state index < -0.39 is 0 Å². The molecule has 0 aromatic heterocycles. The van der Waals surface area contributed by atoms with Crippen LogP contribution in [0.25, 0.3) is 0 Å². The smallest absolute Gasteiger partial charge is 0.315 e. The third-order valence-electron chi connectivity index (χ3n) is 2.70. The molecular weight excluding hydrogens is 142 g/mol. The van der Waals surface area contributed by atoms with Crippen molar-refractivity contribution < 1.29 is 4.79 Å². The zero-order chi connectivity index (χ0) is 7.84. The Bertz CT molecular complexity index is 183. The van der Waals surface area contributed by atoms with Crippen LogP contribution < -0.4 is 11.1 Å². The predicted octanol–water partition coefficient (Wildman–Crippen LogP) is -0.641. The number of rotatable bonds is 0. The summed E-state index contributed by atoms with van der Waals surface area (Å²) < 4.78 is 0. The van der Waals surface area contributed by atoms with Crippen LogP contribution in [0.3, 0.4) is 0 Å². The van der Waals surface area contributed by atoms with Crippen LogP contribution in [0, 0.1) is 5.92 Å². The summed E-state index contributed by atoms with van der Waals surface area (Å²) in [5.41, 5.74) is 5.16. The minimum atomic E-state index is -0.269. The number of nitrogens with zero attached hydrogens (tertiary/aromatic N) is 1. The molecule has 2 unspecified atom stereocenters. The minimum Gasteiger partial charge on any atom is -0.351 e. The third-order valence-corrected chi connectivity index (χ3v) is 2.70. The summed E-state index contributed by atoms with van der Waals surface area (Å²) >= 11 is 0. The number of primary amides is 1. The van der Waals surface area contributed by atoms with Crippen molar-refractivity contribution in [1.82, 2.24) is 10.2 Å². The number of hydrogen-bond donors (Lipinski definition) is 2. The zero-order valence-corrected chi connectivity index (χ0v) is 6.42. The van der Waals surface area contributed by atoms with Crippen molar-refractivity contribution >= 4 is 6.03 Å². The quantitative estimate of drug-likeness (QED) is 0.489. The molecule has 0 spiro atoms. The molecule has 0 aromatic rings. The van der Waals surface area contributed by atoms with Gasteiger partial charge >= 0.3 is 6.03 Å². The SMILES string of the molecule is NC(=O)N1CC2CCNCC21. The summed E-state index contributed by atoms with van der Waals surface area (Å²) in [6, 6.07) is 0.121. The monoisotopic (exact) mass is 155 g/mol. The van der Waals surface area contributed by atoms with Crippen LogP contribution in [0.4, 0.5) is 4.79 Å². The van der Waals surface area contributed by atoms with Crippen molar-refractivity contribution in [3.63, 3.8) is 0 Å². The highest BCUT2D eigenvalue weighted by atomic mass is 16.2. The molecule has 2 heterocycles. The number of carbonyl (C=O) groups is 1. The summed E-state index contributed by atoms with van der Waals surface area (Å²) in [6.45, 7) is 2.89. The van der Waals surface area contributed by atoms with E-state index in [4.69, 9.17) is 5.73 Å². The van der Waals surface area contributed by atoms with Gasteiger partial charge in [-0.05, 0) is 18.9 Å². The molecular formula is C7H13N3O. The van der Waals surface area contributed by atoms with Gasteiger partial charge < -0.3 is 16.0 Å². The molecule has 2 atom stereocenters. The Kier molecular flexibility index (Phi) is 1.49. The molecule has 0 bridgehead atoms. The van der Waals surface area contributed by atoms with E-state index >= 15 is 0 Å². The van der Waals surface area contributed by atoms with E-state index in [2.05, 4.69) is 5.32 Å². The number of nitrogens with one attached hydrogen (secondary N) is 1. The molecule has 2 fully saturated rings. The fourth-order valence-electron chi connectivity index (χ4n) is 1.98. The van der Waals surface area contributed by atoms with Gasteiger partial charge in [0.05, 0.1) is 6.04 Å². The number of likely N-dealkylation sites (tertiary alicyclic amines) is 1. The van der Waals surface area contributed by atoms with Gasteiger partial charge in [0.2, 0.25) is 0 Å². The average Bonchev–Trinajstić information content (AvgIpc) is 1.90. The maximum absolute atomic E-state index is 10.8. The standard InChI is InChI=1S/C7H13N3O/c8-7(11)10-4-5-1-2-9-3-6(5)10/h5-6,9H,1-4H2,(H2,8,11). The highest BCUT2D eigenvalue weighted by Crippen LogP contribution is 2.28. The van der Waals surface area contributed by atoms with Gasteiger partial charge in [0.15, 0.2) is 0 Å². The van der Waals surface area contributed by atoms with E-state index in [9.17, 15) is 4.79 Å². The molecule has 0 aliphatic carbocycles. The topological polar surface area (TPSA) is 58.4 Å². The number of amides is 2. The molecule has 2 amide bonds. The molecule has 4 heteroatoms. The normalized spacial score (nSPS) is 35.8. The van der Waals surface area contributed by atoms with Crippen molar-refractivity contribution in [3.8, 4) is 0 Å². The van der Waals surface area contributed by atoms with E-state index in [0.29, 0.717) is 12.0 Å². The summed E-state index contributed by atoms with van der Waals surface area (Å²) in [5, 5.41) is 3.25. The van der Waals surface area contributed by atoms with Crippen molar-refractivity contribution in [2.75, 3.05) is 19.6 Å². The molecule has 62 valence electrons. The van der Waals surface area contributed by atoms with Gasteiger partial charge in [0, 0.05) is 13.1 Å². The maximum Gasteiger partial charge on any atom is 0.315 e. The van der Waals surface area contributed by atoms with Crippen molar-refractivity contribution in [3.05, 3.63) is 0 Å². The van der Waals surface area contributed by atoms with Gasteiger partial charge in [-0.2, -0.15) is 0 Å². The Morgan fingerprint density at radius 3 is 3.09 bits per heavy atom. The van der Waals surface area contributed by atoms with Gasteiger partial charge in [-0.15, -0.1) is 0 Å². The van der Waals surface area contributed by atoms with Gasteiger partial charge in [0.25, 0.3) is 0 Å². The Morgan fingerprint density at radius 2 is 2.45 bits per heavy atom. The first-order chi connectivity index (χ1) is 5.29. The molecule has 0 aromatic carbocycles. The van der Waals surface area contributed by atoms with Crippen LogP contribution in [-0.4, -0.2) is 36.6 Å². The van der Waals surface area contributed by atoms with Gasteiger partial charge in [-0.1, -0.05) is 0 Å². The Labute approximate surface area is 65.7 Å². The summed E-state index contributed by atoms with van der Waals surface area (Å²) in [7, 11) is 0. The number of carbonyl (C=O) groups excluding carboxylic acids is 1. The number of fused-ring (bicyclic) bond motifs is 1. The fourth-order valence-corrected chi connectivity index (χ4v) is 1.98. The van der Waals surface area contributed by atoms with Crippen LogP contribution in [-0.2, 0) is 0 Å². The molecule has 0 saturated carbocycles. The Hall–Kier alpha value is -0.770. The second-order valence-corrected chi connectivity index (χ2v) is 3.31. The zero-order valence-electron chi connectivity index (χ0n) is 6.42. The van der Waals surface area contributed by atoms with Crippen LogP contribution in [0.1, 0.15) is 6.42 Å². The summed E-state index contributed by atoms with van der Waals surface area (Å²) in [4.78, 5) is 12.5. The lowest BCUT2D eigenvalue weighted by molar-refractivity contribution is 0.0332. The minimum absolute atomic E-state index is 0.269. The first-order valence-corrected chi connectivity index (χ1v) is 4.06. The lowest BCUT2D eigenvalue weighted by atomic mass is 9.83. The Balaban J connectivity index is 1.96. The van der Waals surface area contributed by atoms with Crippen molar-refractivity contribution in [2.24, 2.45) is 11.7 Å². The fraction of sp³-hybridized carbons (Fsp3) is 0.857. The van der Waals surface area contributed by atoms with Crippen LogP contribution in [0.5, 0.6) is 0 Å². The van der Waals surface area contributed by atoms with E-state index in [1.54, 1.807) is 4.90 Å². The lowest BCUT2D eigenvalue weighted by Gasteiger charge is -2.50. The van der Waals surface area contributed by atoms with Crippen molar-refractivity contribution in [2.45, 2.75) is 12.5 Å². The number of urea groups is 1. The lowest BCUT2D eigenvalue weighted by Crippen LogP contribution is -2.66. The van der Waals surface area contributed by atoms with E-state index in [-0.39, 0.29) is 6.03 Å². The van der Waals surface area contributed by atoms with E-state index in [1.165, 1.54) is 6.42 Å². The second kappa shape index (κ2) is 2.37. The molecule has 2 aliphatic heterocycles. The van der Waals surface area contributed by atoms with E-state index in [0.717, 1.165) is 19.6 Å². The maximum atomic E-state index is 10.8. The first kappa shape index (κ1) is 6.91. The first-order valence-electron chi connectivity index (χ1n) is 4.06. The second-order valence-electron chi connectivity index (χ2n) is 3.31. The predicted molar refractivity (Wildman–Crippen MR) is 41.1 cm³/mol. The van der Waals surface area contributed by atoms with Gasteiger partial charge in [0.1, 0.15) is 0 Å². The van der Waals surface area contributed by atoms with Gasteiger partial charge in [-0.3, -0.25) is 0 Å². The highest BCUT2D eigenvalue weighted by Gasteiger charge is 2.41. The van der Waals surface area contributed by atoms with Crippen LogP contribution in [0.2, 0.25) is 0 Å². The molecule has 4 nitrogen and oxygen atoms in total. The van der Waals surface area contributed by atoms with Crippen LogP contribution in [0.15, 0.2) is 0 Å². The molecule has 3 N–H and O–H groups in total. The largest absolute Gasteiger partial charge is 0.351 e. The average molecular weight is 155 g/mol. The van der Waals surface area contributed by atoms with Crippen molar-refractivity contribution in [1.29, 1.82) is 0 Å². The number of nitrogens with two attached hydrogens (primary N) is 1. The molecule has 0 radical (unpaired) electrons. The molecule has 2 aliphatic rings. The van der Waals surface area contributed by atoms with Crippen LogP contribution >= 0.6 is 0 Å². The summed E-state index contributed by atoms with van der Waals surface area (Å²) in [6.07, 6.45) is 1.19. The molecule has 2 saturated heterocycles. The van der Waals surface area contributed by atoms with E-state index in [1.807, 2.05) is 0 Å². The number of piperidine rings is 1. The van der Waals surface area contributed by atoms with Gasteiger partial charge in [-0.25, -0.2) is 4.79 Å². The molecule has 11 heavy (non-hydrogen) atoms. The summed E-state index contributed by atoms with van der Waals surface area (Å²) in [5.74, 6) is 0.712. The third kappa shape index (κ3) is 0.976. The molecule has 2 rings (SSSR count). The Morgan fingerprint density at radius 1 is 1.64 bits per heavy atom.